The smallest absolute Gasteiger partial charge is 0.336 e. The Hall–Kier alpha value is -3.22. The first-order valence-corrected chi connectivity index (χ1v) is 7.70. The van der Waals surface area contributed by atoms with Crippen LogP contribution >= 0.6 is 0 Å². The van der Waals surface area contributed by atoms with Crippen molar-refractivity contribution in [2.75, 3.05) is 7.11 Å². The van der Waals surface area contributed by atoms with E-state index in [9.17, 15) is 18.4 Å². The van der Waals surface area contributed by atoms with Gasteiger partial charge in [0.1, 0.15) is 17.2 Å². The summed E-state index contributed by atoms with van der Waals surface area (Å²) in [5.41, 5.74) is -1.82. The molecule has 1 N–H and O–H groups in total. The van der Waals surface area contributed by atoms with Gasteiger partial charge in [-0.2, -0.15) is 0 Å². The fourth-order valence-corrected chi connectivity index (χ4v) is 2.70. The van der Waals surface area contributed by atoms with E-state index in [0.29, 0.717) is 11.0 Å². The van der Waals surface area contributed by atoms with Gasteiger partial charge in [-0.3, -0.25) is 4.79 Å². The molecule has 1 atom stereocenters. The van der Waals surface area contributed by atoms with Crippen molar-refractivity contribution in [3.05, 3.63) is 71.5 Å². The van der Waals surface area contributed by atoms with Crippen molar-refractivity contribution in [2.24, 2.45) is 0 Å². The first-order chi connectivity index (χ1) is 12.3. The molecule has 3 rings (SSSR count). The Kier molecular flexibility index (Phi) is 4.46. The van der Waals surface area contributed by atoms with Crippen LogP contribution in [-0.2, 0) is 15.1 Å². The number of carbonyl (C=O) groups excluding carboxylic acids is 2. The van der Waals surface area contributed by atoms with E-state index in [0.717, 1.165) is 25.3 Å². The van der Waals surface area contributed by atoms with Crippen molar-refractivity contribution in [2.45, 2.75) is 12.5 Å². The second-order valence-corrected chi connectivity index (χ2v) is 5.84. The Morgan fingerprint density at radius 2 is 1.85 bits per heavy atom. The van der Waals surface area contributed by atoms with E-state index in [1.807, 2.05) is 0 Å². The van der Waals surface area contributed by atoms with Gasteiger partial charge in [0.05, 0.1) is 7.11 Å². The number of ether oxygens (including phenoxy) is 1. The van der Waals surface area contributed by atoms with Crippen LogP contribution < -0.4 is 5.32 Å². The quantitative estimate of drug-likeness (QED) is 0.724. The van der Waals surface area contributed by atoms with Gasteiger partial charge in [-0.25, -0.2) is 13.6 Å². The van der Waals surface area contributed by atoms with E-state index in [1.165, 1.54) is 13.0 Å². The summed E-state index contributed by atoms with van der Waals surface area (Å²) < 4.78 is 38.0. The summed E-state index contributed by atoms with van der Waals surface area (Å²) in [5, 5.41) is 3.08. The predicted molar refractivity (Wildman–Crippen MR) is 89.4 cm³/mol. The minimum Gasteiger partial charge on any atom is -0.467 e. The number of rotatable bonds is 4. The molecule has 1 amide bonds. The number of methoxy groups -OCH3 is 1. The summed E-state index contributed by atoms with van der Waals surface area (Å²) in [6, 6.07) is 11.1. The predicted octanol–water partition coefficient (Wildman–Crippen LogP) is 3.53. The van der Waals surface area contributed by atoms with Crippen LogP contribution in [-0.4, -0.2) is 19.0 Å². The number of nitrogens with one attached hydrogen (secondary N) is 1. The zero-order valence-corrected chi connectivity index (χ0v) is 14.0. The highest BCUT2D eigenvalue weighted by Gasteiger charge is 2.41. The first-order valence-electron chi connectivity index (χ1n) is 7.70. The minimum absolute atomic E-state index is 0.0712. The summed E-state index contributed by atoms with van der Waals surface area (Å²) in [6.45, 7) is 1.23. The van der Waals surface area contributed by atoms with Crippen LogP contribution in [0.3, 0.4) is 0 Å². The fraction of sp³-hybridized carbons (Fsp3) is 0.158. The summed E-state index contributed by atoms with van der Waals surface area (Å²) in [7, 11) is 1.09. The average Bonchev–Trinajstić information content (AvgIpc) is 3.07. The summed E-state index contributed by atoms with van der Waals surface area (Å²) in [5.74, 6) is -3.40. The third-order valence-corrected chi connectivity index (χ3v) is 4.07. The monoisotopic (exact) mass is 359 g/mol. The lowest BCUT2D eigenvalue weighted by molar-refractivity contribution is -0.148. The lowest BCUT2D eigenvalue weighted by Crippen LogP contribution is -2.50. The molecule has 2 aromatic carbocycles. The zero-order valence-electron chi connectivity index (χ0n) is 14.0. The van der Waals surface area contributed by atoms with E-state index in [-0.39, 0.29) is 11.3 Å². The SMILES string of the molecule is COC(=O)C(C)(NC(=O)c1cc2ccccc2o1)c1cc(F)ccc1F. The maximum atomic E-state index is 14.2. The number of furan rings is 1. The summed E-state index contributed by atoms with van der Waals surface area (Å²) in [6.07, 6.45) is 0. The number of fused-ring (bicyclic) bond motifs is 1. The average molecular weight is 359 g/mol. The Bertz CT molecular complexity index is 965. The summed E-state index contributed by atoms with van der Waals surface area (Å²) in [4.78, 5) is 24.9. The molecule has 0 aliphatic rings. The Morgan fingerprint density at radius 1 is 1.12 bits per heavy atom. The molecule has 1 unspecified atom stereocenters. The zero-order chi connectivity index (χ0) is 18.9. The van der Waals surface area contributed by atoms with E-state index in [4.69, 9.17) is 4.42 Å². The molecule has 134 valence electrons. The van der Waals surface area contributed by atoms with Crippen molar-refractivity contribution in [3.8, 4) is 0 Å². The fourth-order valence-electron chi connectivity index (χ4n) is 2.70. The molecule has 7 heteroatoms. The summed E-state index contributed by atoms with van der Waals surface area (Å²) >= 11 is 0. The number of para-hydroxylation sites is 1. The second-order valence-electron chi connectivity index (χ2n) is 5.84. The lowest BCUT2D eigenvalue weighted by atomic mass is 9.91. The highest BCUT2D eigenvalue weighted by atomic mass is 19.1. The van der Waals surface area contributed by atoms with Crippen LogP contribution in [0.25, 0.3) is 11.0 Å². The molecule has 1 aromatic heterocycles. The van der Waals surface area contributed by atoms with E-state index >= 15 is 0 Å². The number of amides is 1. The van der Waals surface area contributed by atoms with Gasteiger partial charge in [0.2, 0.25) is 0 Å². The standard InChI is InChI=1S/C19H15F2NO4/c1-19(18(24)25-2,13-10-12(20)7-8-14(13)21)22-17(23)16-9-11-5-3-4-6-15(11)26-16/h3-10H,1-2H3,(H,22,23). The third kappa shape index (κ3) is 3.03. The lowest BCUT2D eigenvalue weighted by Gasteiger charge is -2.28. The molecule has 0 saturated heterocycles. The van der Waals surface area contributed by atoms with Gasteiger partial charge in [-0.15, -0.1) is 0 Å². The molecule has 5 nitrogen and oxygen atoms in total. The maximum absolute atomic E-state index is 14.2. The van der Waals surface area contributed by atoms with Gasteiger partial charge in [0, 0.05) is 10.9 Å². The van der Waals surface area contributed by atoms with Crippen molar-refractivity contribution >= 4 is 22.8 Å². The van der Waals surface area contributed by atoms with Crippen molar-refractivity contribution in [1.29, 1.82) is 0 Å². The molecule has 0 fully saturated rings. The Morgan fingerprint density at radius 3 is 2.54 bits per heavy atom. The third-order valence-electron chi connectivity index (χ3n) is 4.07. The van der Waals surface area contributed by atoms with E-state index < -0.39 is 29.0 Å². The molecule has 0 saturated carbocycles. The van der Waals surface area contributed by atoms with Crippen LogP contribution in [0, 0.1) is 11.6 Å². The van der Waals surface area contributed by atoms with Crippen molar-refractivity contribution in [3.63, 3.8) is 0 Å². The maximum Gasteiger partial charge on any atom is 0.336 e. The highest BCUT2D eigenvalue weighted by Crippen LogP contribution is 2.27. The topological polar surface area (TPSA) is 68.5 Å². The Balaban J connectivity index is 2.02. The van der Waals surface area contributed by atoms with Gasteiger partial charge in [-0.1, -0.05) is 18.2 Å². The van der Waals surface area contributed by atoms with Crippen LogP contribution in [0.5, 0.6) is 0 Å². The van der Waals surface area contributed by atoms with Gasteiger partial charge in [-0.05, 0) is 37.3 Å². The van der Waals surface area contributed by atoms with Crippen LogP contribution in [0.15, 0.2) is 52.9 Å². The minimum atomic E-state index is -1.95. The second kappa shape index (κ2) is 6.59. The van der Waals surface area contributed by atoms with E-state index in [1.54, 1.807) is 24.3 Å². The number of hydrogen-bond donors (Lipinski definition) is 1. The number of hydrogen-bond acceptors (Lipinski definition) is 4. The van der Waals surface area contributed by atoms with Crippen LogP contribution in [0.4, 0.5) is 8.78 Å². The van der Waals surface area contributed by atoms with Crippen molar-refractivity contribution in [1.82, 2.24) is 5.32 Å². The first kappa shape index (κ1) is 17.6. The van der Waals surface area contributed by atoms with E-state index in [2.05, 4.69) is 10.1 Å². The molecule has 0 spiro atoms. The molecular weight excluding hydrogens is 344 g/mol. The molecule has 26 heavy (non-hydrogen) atoms. The van der Waals surface area contributed by atoms with Gasteiger partial charge in [0.25, 0.3) is 5.91 Å². The number of benzene rings is 2. The number of halogens is 2. The largest absolute Gasteiger partial charge is 0.467 e. The molecule has 0 aliphatic heterocycles. The van der Waals surface area contributed by atoms with Gasteiger partial charge >= 0.3 is 5.97 Å². The molecule has 3 aromatic rings. The molecule has 1 heterocycles. The van der Waals surface area contributed by atoms with Crippen LogP contribution in [0.1, 0.15) is 23.0 Å². The van der Waals surface area contributed by atoms with Gasteiger partial charge in [0.15, 0.2) is 11.3 Å². The molecule has 0 aliphatic carbocycles. The molecule has 0 radical (unpaired) electrons. The number of esters is 1. The van der Waals surface area contributed by atoms with Crippen molar-refractivity contribution < 1.29 is 27.5 Å². The molecule has 0 bridgehead atoms. The molecular formula is C19H15F2NO4. The number of carbonyl (C=O) groups is 2. The normalized spacial score (nSPS) is 13.2. The highest BCUT2D eigenvalue weighted by molar-refractivity contribution is 5.99. The van der Waals surface area contributed by atoms with Gasteiger partial charge < -0.3 is 14.5 Å². The Labute approximate surface area is 147 Å². The van der Waals surface area contributed by atoms with Crippen LogP contribution in [0.2, 0.25) is 0 Å².